The van der Waals surface area contributed by atoms with Crippen LogP contribution in [0.15, 0.2) is 39.5 Å². The Morgan fingerprint density at radius 1 is 1.15 bits per heavy atom. The summed E-state index contributed by atoms with van der Waals surface area (Å²) in [6.45, 7) is 6.82. The van der Waals surface area contributed by atoms with E-state index in [1.165, 1.54) is 6.07 Å². The Hall–Kier alpha value is -2.25. The summed E-state index contributed by atoms with van der Waals surface area (Å²) < 4.78 is 16.0. The number of nitrogens with zero attached hydrogens (tertiary/aromatic N) is 2. The molecule has 1 aliphatic heterocycles. The molecule has 1 saturated heterocycles. The highest BCUT2D eigenvalue weighted by Gasteiger charge is 2.21. The van der Waals surface area contributed by atoms with Crippen molar-refractivity contribution in [3.8, 4) is 5.75 Å². The predicted octanol–water partition coefficient (Wildman–Crippen LogP) is 2.76. The van der Waals surface area contributed by atoms with Gasteiger partial charge in [0, 0.05) is 50.2 Å². The number of carbonyl (C=O) groups is 1. The number of carbonyl (C=O) groups excluding carboxylic acids is 1. The van der Waals surface area contributed by atoms with Gasteiger partial charge in [-0.1, -0.05) is 0 Å². The average molecular weight is 397 g/mol. The molecule has 1 fully saturated rings. The highest BCUT2D eigenvalue weighted by atomic mass is 35.5. The van der Waals surface area contributed by atoms with Crippen molar-refractivity contribution in [1.29, 1.82) is 0 Å². The van der Waals surface area contributed by atoms with Crippen molar-refractivity contribution in [3.63, 3.8) is 0 Å². The van der Waals surface area contributed by atoms with Gasteiger partial charge in [-0.15, -0.1) is 12.4 Å². The molecule has 0 radical (unpaired) electrons. The molecule has 0 N–H and O–H groups in total. The average Bonchev–Trinajstić information content (AvgIpc) is 2.65. The summed E-state index contributed by atoms with van der Waals surface area (Å²) in [6.07, 6.45) is 0.661. The Balaban J connectivity index is 0.00000261. The first-order chi connectivity index (χ1) is 12.7. The van der Waals surface area contributed by atoms with Crippen LogP contribution in [0.4, 0.5) is 4.79 Å². The van der Waals surface area contributed by atoms with Crippen molar-refractivity contribution in [1.82, 2.24) is 9.80 Å². The summed E-state index contributed by atoms with van der Waals surface area (Å²) in [4.78, 5) is 27.0. The van der Waals surface area contributed by atoms with Gasteiger partial charge in [-0.2, -0.15) is 0 Å². The maximum Gasteiger partial charge on any atom is 0.409 e. The molecule has 2 aromatic rings. The summed E-state index contributed by atoms with van der Waals surface area (Å²) in [5.74, 6) is 0.694. The maximum atomic E-state index is 11.7. The molecule has 27 heavy (non-hydrogen) atoms. The van der Waals surface area contributed by atoms with E-state index in [0.717, 1.165) is 31.4 Å². The van der Waals surface area contributed by atoms with Crippen molar-refractivity contribution in [3.05, 3.63) is 40.8 Å². The standard InChI is InChI=1S/C19H24N2O5.ClH/c1-2-24-19(23)21-11-9-20(10-12-21)8-3-13-25-16-6-4-15-5-7-18(22)26-17(15)14-16;/h4-7,14H,2-3,8-13H2,1H3;1H. The van der Waals surface area contributed by atoms with Crippen LogP contribution in [0, 0.1) is 0 Å². The maximum absolute atomic E-state index is 11.7. The predicted molar refractivity (Wildman–Crippen MR) is 105 cm³/mol. The molecule has 7 nitrogen and oxygen atoms in total. The van der Waals surface area contributed by atoms with Crippen LogP contribution in [0.25, 0.3) is 11.0 Å². The van der Waals surface area contributed by atoms with Crippen molar-refractivity contribution in [2.24, 2.45) is 0 Å². The molecule has 1 aliphatic rings. The molecule has 0 atom stereocenters. The van der Waals surface area contributed by atoms with E-state index >= 15 is 0 Å². The minimum atomic E-state index is -0.364. The van der Waals surface area contributed by atoms with Crippen molar-refractivity contribution < 1.29 is 18.7 Å². The summed E-state index contributed by atoms with van der Waals surface area (Å²) in [7, 11) is 0. The van der Waals surface area contributed by atoms with Crippen LogP contribution in [0.2, 0.25) is 0 Å². The normalized spacial score (nSPS) is 14.6. The molecule has 0 aliphatic carbocycles. The molecule has 1 aromatic carbocycles. The van der Waals surface area contributed by atoms with Crippen LogP contribution >= 0.6 is 12.4 Å². The van der Waals surface area contributed by atoms with E-state index in [0.29, 0.717) is 37.6 Å². The first kappa shape index (κ1) is 21.1. The van der Waals surface area contributed by atoms with Gasteiger partial charge in [0.05, 0.1) is 13.2 Å². The molecular formula is C19H25ClN2O5. The molecule has 0 bridgehead atoms. The third-order valence-electron chi connectivity index (χ3n) is 4.38. The SMILES string of the molecule is CCOC(=O)N1CCN(CCCOc2ccc3ccc(=O)oc3c2)CC1.Cl. The third kappa shape index (κ3) is 5.87. The smallest absolute Gasteiger partial charge is 0.409 e. The Labute approximate surface area is 164 Å². The molecular weight excluding hydrogens is 372 g/mol. The van der Waals surface area contributed by atoms with Gasteiger partial charge in [-0.05, 0) is 31.5 Å². The Morgan fingerprint density at radius 3 is 2.63 bits per heavy atom. The molecule has 1 aromatic heterocycles. The molecule has 148 valence electrons. The van der Waals surface area contributed by atoms with Gasteiger partial charge in [-0.25, -0.2) is 9.59 Å². The zero-order valence-electron chi connectivity index (χ0n) is 15.4. The third-order valence-corrected chi connectivity index (χ3v) is 4.38. The van der Waals surface area contributed by atoms with Crippen molar-refractivity contribution in [2.75, 3.05) is 45.9 Å². The second-order valence-electron chi connectivity index (χ2n) is 6.18. The topological polar surface area (TPSA) is 72.2 Å². The van der Waals surface area contributed by atoms with Gasteiger partial charge >= 0.3 is 11.7 Å². The number of rotatable bonds is 6. The monoisotopic (exact) mass is 396 g/mol. The first-order valence-corrected chi connectivity index (χ1v) is 8.96. The Bertz CT molecular complexity index is 802. The summed E-state index contributed by atoms with van der Waals surface area (Å²) >= 11 is 0. The molecule has 0 saturated carbocycles. The lowest BCUT2D eigenvalue weighted by Gasteiger charge is -2.33. The minimum Gasteiger partial charge on any atom is -0.493 e. The largest absolute Gasteiger partial charge is 0.493 e. The van der Waals surface area contributed by atoms with Gasteiger partial charge in [0.15, 0.2) is 0 Å². The molecule has 0 unspecified atom stereocenters. The lowest BCUT2D eigenvalue weighted by atomic mass is 10.2. The van der Waals surface area contributed by atoms with E-state index in [1.807, 2.05) is 19.1 Å². The van der Waals surface area contributed by atoms with E-state index in [4.69, 9.17) is 13.9 Å². The molecule has 1 amide bonds. The van der Waals surface area contributed by atoms with E-state index in [2.05, 4.69) is 4.90 Å². The number of benzene rings is 1. The summed E-state index contributed by atoms with van der Waals surface area (Å²) in [6, 6.07) is 8.64. The fraction of sp³-hybridized carbons (Fsp3) is 0.474. The molecule has 0 spiro atoms. The minimum absolute atomic E-state index is 0. The molecule has 3 rings (SSSR count). The zero-order valence-corrected chi connectivity index (χ0v) is 16.2. The number of halogens is 1. The van der Waals surface area contributed by atoms with E-state index in [-0.39, 0.29) is 24.1 Å². The van der Waals surface area contributed by atoms with Gasteiger partial charge in [0.2, 0.25) is 0 Å². The number of piperazine rings is 1. The lowest BCUT2D eigenvalue weighted by Crippen LogP contribution is -2.49. The number of hydrogen-bond acceptors (Lipinski definition) is 6. The van der Waals surface area contributed by atoms with Crippen LogP contribution in [0.1, 0.15) is 13.3 Å². The highest BCUT2D eigenvalue weighted by Crippen LogP contribution is 2.19. The fourth-order valence-corrected chi connectivity index (χ4v) is 2.98. The fourth-order valence-electron chi connectivity index (χ4n) is 2.98. The molecule has 8 heteroatoms. The van der Waals surface area contributed by atoms with Crippen LogP contribution in [0.5, 0.6) is 5.75 Å². The van der Waals surface area contributed by atoms with Crippen LogP contribution in [-0.2, 0) is 4.74 Å². The number of amides is 1. The summed E-state index contributed by atoms with van der Waals surface area (Å²) in [5.41, 5.74) is 0.168. The second kappa shape index (κ2) is 10.2. The quantitative estimate of drug-likeness (QED) is 0.552. The zero-order chi connectivity index (χ0) is 18.4. The summed E-state index contributed by atoms with van der Waals surface area (Å²) in [5, 5.41) is 0.872. The van der Waals surface area contributed by atoms with Gasteiger partial charge in [0.25, 0.3) is 0 Å². The van der Waals surface area contributed by atoms with Crippen molar-refractivity contribution >= 4 is 29.5 Å². The highest BCUT2D eigenvalue weighted by molar-refractivity contribution is 5.85. The molecule has 2 heterocycles. The van der Waals surface area contributed by atoms with Crippen LogP contribution in [-0.4, -0.2) is 61.8 Å². The number of fused-ring (bicyclic) bond motifs is 1. The van der Waals surface area contributed by atoms with Crippen LogP contribution in [0.3, 0.4) is 0 Å². The second-order valence-corrected chi connectivity index (χ2v) is 6.18. The Morgan fingerprint density at radius 2 is 1.89 bits per heavy atom. The van der Waals surface area contributed by atoms with E-state index < -0.39 is 0 Å². The van der Waals surface area contributed by atoms with E-state index in [9.17, 15) is 9.59 Å². The van der Waals surface area contributed by atoms with Crippen LogP contribution < -0.4 is 10.4 Å². The van der Waals surface area contributed by atoms with Gasteiger partial charge < -0.3 is 18.8 Å². The van der Waals surface area contributed by atoms with Gasteiger partial charge in [-0.3, -0.25) is 4.90 Å². The Kier molecular flexibility index (Phi) is 7.94. The number of hydrogen-bond donors (Lipinski definition) is 0. The first-order valence-electron chi connectivity index (χ1n) is 8.96. The van der Waals surface area contributed by atoms with E-state index in [1.54, 1.807) is 17.0 Å². The number of ether oxygens (including phenoxy) is 2. The van der Waals surface area contributed by atoms with Gasteiger partial charge in [0.1, 0.15) is 11.3 Å². The lowest BCUT2D eigenvalue weighted by molar-refractivity contribution is 0.0782. The van der Waals surface area contributed by atoms with Crippen molar-refractivity contribution in [2.45, 2.75) is 13.3 Å².